The highest BCUT2D eigenvalue weighted by Gasteiger charge is 2.24. The molecule has 1 heterocycles. The van der Waals surface area contributed by atoms with Gasteiger partial charge in [-0.15, -0.1) is 11.3 Å². The van der Waals surface area contributed by atoms with Gasteiger partial charge in [-0.1, -0.05) is 164 Å². The van der Waals surface area contributed by atoms with Gasteiger partial charge in [0.15, 0.2) is 0 Å². The predicted molar refractivity (Wildman–Crippen MR) is 233 cm³/mol. The number of hydrogen-bond donors (Lipinski definition) is 0. The first-order valence-electron chi connectivity index (χ1n) is 18.4. The van der Waals surface area contributed by atoms with Crippen LogP contribution in [0.1, 0.15) is 0 Å². The minimum absolute atomic E-state index is 1.10. The fraction of sp³-hybridized carbons (Fsp3) is 0. The Morgan fingerprint density at radius 2 is 0.889 bits per heavy atom. The van der Waals surface area contributed by atoms with Crippen LogP contribution in [0.15, 0.2) is 212 Å². The van der Waals surface area contributed by atoms with Crippen molar-refractivity contribution in [1.82, 2.24) is 0 Å². The lowest BCUT2D eigenvalue weighted by Crippen LogP contribution is -2.13. The Hall–Kier alpha value is -6.74. The smallest absolute Gasteiger partial charge is 0.0547 e. The van der Waals surface area contributed by atoms with Crippen LogP contribution in [-0.4, -0.2) is 0 Å². The fourth-order valence-corrected chi connectivity index (χ4v) is 8.97. The van der Waals surface area contributed by atoms with Gasteiger partial charge in [0.1, 0.15) is 0 Å². The second-order valence-corrected chi connectivity index (χ2v) is 14.8. The molecule has 0 amide bonds. The third-order valence-corrected chi connectivity index (χ3v) is 11.6. The molecule has 254 valence electrons. The van der Waals surface area contributed by atoms with E-state index in [9.17, 15) is 0 Å². The van der Waals surface area contributed by atoms with Gasteiger partial charge in [0, 0.05) is 37.0 Å². The molecule has 0 aliphatic carbocycles. The predicted octanol–water partition coefficient (Wildman–Crippen LogP) is 15.3. The molecule has 0 saturated carbocycles. The number of nitrogens with zero attached hydrogens (tertiary/aromatic N) is 1. The van der Waals surface area contributed by atoms with Gasteiger partial charge in [-0.25, -0.2) is 0 Å². The van der Waals surface area contributed by atoms with Crippen LogP contribution >= 0.6 is 11.3 Å². The van der Waals surface area contributed by atoms with Crippen LogP contribution in [0.3, 0.4) is 0 Å². The number of benzene rings is 9. The lowest BCUT2D eigenvalue weighted by atomic mass is 9.92. The van der Waals surface area contributed by atoms with E-state index in [1.807, 2.05) is 11.3 Å². The third-order valence-electron chi connectivity index (χ3n) is 10.5. The molecule has 10 rings (SSSR count). The second kappa shape index (κ2) is 13.7. The zero-order valence-corrected chi connectivity index (χ0v) is 30.4. The molecule has 0 saturated heterocycles. The van der Waals surface area contributed by atoms with Crippen molar-refractivity contribution in [2.45, 2.75) is 0 Å². The van der Waals surface area contributed by atoms with E-state index in [0.29, 0.717) is 0 Å². The van der Waals surface area contributed by atoms with E-state index >= 15 is 0 Å². The minimum atomic E-state index is 1.10. The van der Waals surface area contributed by atoms with E-state index in [1.165, 1.54) is 75.5 Å². The van der Waals surface area contributed by atoms with Crippen molar-refractivity contribution >= 4 is 59.3 Å². The van der Waals surface area contributed by atoms with Gasteiger partial charge in [-0.3, -0.25) is 0 Å². The average Bonchev–Trinajstić information content (AvgIpc) is 3.64. The molecule has 2 heteroatoms. The Balaban J connectivity index is 1.29. The molecule has 10 aromatic rings. The Labute approximate surface area is 319 Å². The molecule has 9 aromatic carbocycles. The van der Waals surface area contributed by atoms with Crippen molar-refractivity contribution in [3.05, 3.63) is 212 Å². The highest BCUT2D eigenvalue weighted by Crippen LogP contribution is 2.51. The van der Waals surface area contributed by atoms with Crippen molar-refractivity contribution in [3.63, 3.8) is 0 Å². The zero-order valence-electron chi connectivity index (χ0n) is 29.6. The normalized spacial score (nSPS) is 11.3. The van der Waals surface area contributed by atoms with E-state index in [2.05, 4.69) is 217 Å². The number of anilines is 3. The summed E-state index contributed by atoms with van der Waals surface area (Å²) >= 11 is 1.87. The molecule has 0 fully saturated rings. The first-order chi connectivity index (χ1) is 26.8. The van der Waals surface area contributed by atoms with Crippen LogP contribution in [0.5, 0.6) is 0 Å². The van der Waals surface area contributed by atoms with Gasteiger partial charge in [0.05, 0.1) is 11.4 Å². The van der Waals surface area contributed by atoms with E-state index in [1.54, 1.807) is 0 Å². The maximum atomic E-state index is 2.49. The zero-order chi connectivity index (χ0) is 35.8. The SMILES string of the molecule is c1ccc(-c2ccc(N(c3ccc(-c4ccccc4)cc3-c3ccccc3)c3ccc4sc5ccccc5c4c3-c3ccc4ccccc4c3)cc2)cc1. The highest BCUT2D eigenvalue weighted by molar-refractivity contribution is 7.26. The number of rotatable bonds is 7. The molecule has 1 aromatic heterocycles. The van der Waals surface area contributed by atoms with Crippen LogP contribution in [-0.2, 0) is 0 Å². The molecule has 0 unspecified atom stereocenters. The van der Waals surface area contributed by atoms with Crippen LogP contribution < -0.4 is 4.90 Å². The molecule has 0 aliphatic heterocycles. The van der Waals surface area contributed by atoms with Crippen molar-refractivity contribution in [2.24, 2.45) is 0 Å². The quantitative estimate of drug-likeness (QED) is 0.160. The monoisotopic (exact) mass is 705 g/mol. The van der Waals surface area contributed by atoms with E-state index in [-0.39, 0.29) is 0 Å². The lowest BCUT2D eigenvalue weighted by Gasteiger charge is -2.31. The average molecular weight is 706 g/mol. The summed E-state index contributed by atoms with van der Waals surface area (Å²) in [5, 5.41) is 5.04. The Morgan fingerprint density at radius 3 is 1.63 bits per heavy atom. The topological polar surface area (TPSA) is 3.24 Å². The van der Waals surface area contributed by atoms with E-state index in [4.69, 9.17) is 0 Å². The maximum absolute atomic E-state index is 2.49. The highest BCUT2D eigenvalue weighted by atomic mass is 32.1. The summed E-state index contributed by atoms with van der Waals surface area (Å²) < 4.78 is 2.58. The molecular weight excluding hydrogens is 671 g/mol. The molecule has 0 spiro atoms. The molecule has 0 bridgehead atoms. The van der Waals surface area contributed by atoms with Crippen molar-refractivity contribution in [3.8, 4) is 44.5 Å². The van der Waals surface area contributed by atoms with Crippen LogP contribution in [0.4, 0.5) is 17.1 Å². The molecule has 0 atom stereocenters. The lowest BCUT2D eigenvalue weighted by molar-refractivity contribution is 1.29. The van der Waals surface area contributed by atoms with Crippen molar-refractivity contribution < 1.29 is 0 Å². The summed E-state index contributed by atoms with van der Waals surface area (Å²) in [6, 6.07) is 77.3. The minimum Gasteiger partial charge on any atom is -0.309 e. The summed E-state index contributed by atoms with van der Waals surface area (Å²) in [4.78, 5) is 2.49. The molecule has 54 heavy (non-hydrogen) atoms. The standard InChI is InChI=1S/C52H35NS/c1-4-14-36(15-5-1)39-26-29-44(30-27-39)53(47-31-28-42(37-16-6-2-7-17-37)35-46(47)40-19-8-3-9-20-40)48-32-33-50-52(45-22-12-13-23-49(45)54-50)51(48)43-25-24-38-18-10-11-21-41(38)34-43/h1-35H. The Kier molecular flexibility index (Phi) is 8.09. The molecule has 1 nitrogen and oxygen atoms in total. The Morgan fingerprint density at radius 1 is 0.333 bits per heavy atom. The summed E-state index contributed by atoms with van der Waals surface area (Å²) in [6.07, 6.45) is 0. The maximum Gasteiger partial charge on any atom is 0.0547 e. The summed E-state index contributed by atoms with van der Waals surface area (Å²) in [5.41, 5.74) is 12.9. The van der Waals surface area contributed by atoms with E-state index in [0.717, 1.165) is 17.1 Å². The first-order valence-corrected chi connectivity index (χ1v) is 19.2. The van der Waals surface area contributed by atoms with Gasteiger partial charge >= 0.3 is 0 Å². The first kappa shape index (κ1) is 32.0. The Bertz CT molecular complexity index is 2910. The van der Waals surface area contributed by atoms with Gasteiger partial charge in [-0.2, -0.15) is 0 Å². The summed E-state index contributed by atoms with van der Waals surface area (Å²) in [6.45, 7) is 0. The second-order valence-electron chi connectivity index (χ2n) is 13.7. The fourth-order valence-electron chi connectivity index (χ4n) is 7.86. The van der Waals surface area contributed by atoms with Gasteiger partial charge in [-0.05, 0) is 92.7 Å². The summed E-state index contributed by atoms with van der Waals surface area (Å²) in [5.74, 6) is 0. The molecular formula is C52H35NS. The van der Waals surface area contributed by atoms with Gasteiger partial charge in [0.2, 0.25) is 0 Å². The molecule has 0 aliphatic rings. The van der Waals surface area contributed by atoms with Crippen molar-refractivity contribution in [2.75, 3.05) is 4.90 Å². The number of fused-ring (bicyclic) bond motifs is 4. The summed E-state index contributed by atoms with van der Waals surface area (Å²) in [7, 11) is 0. The van der Waals surface area contributed by atoms with Crippen LogP contribution in [0.25, 0.3) is 75.5 Å². The number of thiophene rings is 1. The van der Waals surface area contributed by atoms with Gasteiger partial charge in [0.25, 0.3) is 0 Å². The molecule has 0 N–H and O–H groups in total. The van der Waals surface area contributed by atoms with Crippen molar-refractivity contribution in [1.29, 1.82) is 0 Å². The molecule has 0 radical (unpaired) electrons. The third kappa shape index (κ3) is 5.74. The van der Waals surface area contributed by atoms with Crippen LogP contribution in [0.2, 0.25) is 0 Å². The largest absolute Gasteiger partial charge is 0.309 e. The van der Waals surface area contributed by atoms with Crippen LogP contribution in [0, 0.1) is 0 Å². The van der Waals surface area contributed by atoms with Gasteiger partial charge < -0.3 is 4.90 Å². The van der Waals surface area contributed by atoms with E-state index < -0.39 is 0 Å². The number of hydrogen-bond acceptors (Lipinski definition) is 2.